The molecule has 1 amide bonds. The summed E-state index contributed by atoms with van der Waals surface area (Å²) in [5, 5.41) is 3.27. The summed E-state index contributed by atoms with van der Waals surface area (Å²) in [4.78, 5) is 12.2. The first-order valence-corrected chi connectivity index (χ1v) is 7.26. The minimum absolute atomic E-state index is 0.117. The quantitative estimate of drug-likeness (QED) is 0.813. The molecule has 0 bridgehead atoms. The van der Waals surface area contributed by atoms with Crippen LogP contribution in [0, 0.1) is 0 Å². The van der Waals surface area contributed by atoms with Crippen molar-refractivity contribution in [2.45, 2.75) is 13.0 Å². The second kappa shape index (κ2) is 6.29. The van der Waals surface area contributed by atoms with Gasteiger partial charge in [-0.15, -0.1) is 0 Å². The van der Waals surface area contributed by atoms with Crippen LogP contribution in [-0.2, 0) is 0 Å². The van der Waals surface area contributed by atoms with Crippen molar-refractivity contribution in [3.63, 3.8) is 0 Å². The highest BCUT2D eigenvalue weighted by Crippen LogP contribution is 2.21. The third-order valence-electron chi connectivity index (χ3n) is 2.93. The van der Waals surface area contributed by atoms with Crippen LogP contribution in [0.4, 0.5) is 5.69 Å². The maximum Gasteiger partial charge on any atom is 0.253 e. The van der Waals surface area contributed by atoms with Gasteiger partial charge in [-0.2, -0.15) is 0 Å². The Morgan fingerprint density at radius 1 is 1.30 bits per heavy atom. The fraction of sp³-hybridized carbons (Fsp3) is 0.133. The molecule has 1 atom stereocenters. The number of carbonyl (C=O) groups is 1. The maximum atomic E-state index is 12.2. The van der Waals surface area contributed by atoms with Gasteiger partial charge < -0.3 is 11.1 Å². The highest BCUT2D eigenvalue weighted by molar-refractivity contribution is 9.10. The monoisotopic (exact) mass is 352 g/mol. The number of hydrogen-bond donors (Lipinski definition) is 2. The molecular formula is C15H14BrClN2O. The highest BCUT2D eigenvalue weighted by Gasteiger charge is 2.14. The molecule has 0 saturated carbocycles. The standard InChI is InChI=1S/C15H14BrClN2O/c1-9(10-3-2-4-11(16)7-10)19-15(20)13-6-5-12(18)8-14(13)17/h2-9H,18H2,1H3,(H,19,20). The number of hydrogen-bond acceptors (Lipinski definition) is 2. The first kappa shape index (κ1) is 14.9. The Morgan fingerprint density at radius 3 is 2.70 bits per heavy atom. The maximum absolute atomic E-state index is 12.2. The largest absolute Gasteiger partial charge is 0.399 e. The van der Waals surface area contributed by atoms with Gasteiger partial charge >= 0.3 is 0 Å². The molecule has 0 aliphatic carbocycles. The topological polar surface area (TPSA) is 55.1 Å². The fourth-order valence-corrected chi connectivity index (χ4v) is 2.54. The molecule has 2 aromatic carbocycles. The molecule has 0 aromatic heterocycles. The molecule has 5 heteroatoms. The Kier molecular flexibility index (Phi) is 4.68. The van der Waals surface area contributed by atoms with Gasteiger partial charge in [0.15, 0.2) is 0 Å². The van der Waals surface area contributed by atoms with E-state index in [1.54, 1.807) is 18.2 Å². The molecule has 2 rings (SSSR count). The number of benzene rings is 2. The van der Waals surface area contributed by atoms with E-state index in [-0.39, 0.29) is 11.9 Å². The number of nitrogens with one attached hydrogen (secondary N) is 1. The third kappa shape index (κ3) is 3.52. The lowest BCUT2D eigenvalue weighted by molar-refractivity contribution is 0.0940. The highest BCUT2D eigenvalue weighted by atomic mass is 79.9. The molecule has 3 nitrogen and oxygen atoms in total. The summed E-state index contributed by atoms with van der Waals surface area (Å²) in [6.45, 7) is 1.92. The van der Waals surface area contributed by atoms with Crippen LogP contribution in [-0.4, -0.2) is 5.91 Å². The summed E-state index contributed by atoms with van der Waals surface area (Å²) in [6.07, 6.45) is 0. The zero-order chi connectivity index (χ0) is 14.7. The molecular weight excluding hydrogens is 340 g/mol. The fourth-order valence-electron chi connectivity index (χ4n) is 1.85. The average molecular weight is 354 g/mol. The van der Waals surface area contributed by atoms with Gasteiger partial charge in [0.05, 0.1) is 16.6 Å². The molecule has 0 saturated heterocycles. The van der Waals surface area contributed by atoms with Gasteiger partial charge in [-0.1, -0.05) is 39.7 Å². The van der Waals surface area contributed by atoms with Gasteiger partial charge in [-0.25, -0.2) is 0 Å². The van der Waals surface area contributed by atoms with Crippen LogP contribution in [0.1, 0.15) is 28.9 Å². The van der Waals surface area contributed by atoms with Crippen molar-refractivity contribution >= 4 is 39.1 Å². The van der Waals surface area contributed by atoms with Gasteiger partial charge in [-0.05, 0) is 42.8 Å². The van der Waals surface area contributed by atoms with E-state index in [0.29, 0.717) is 16.3 Å². The van der Waals surface area contributed by atoms with E-state index in [1.807, 2.05) is 31.2 Å². The normalized spacial score (nSPS) is 11.9. The Balaban J connectivity index is 2.15. The van der Waals surface area contributed by atoms with Crippen LogP contribution in [0.15, 0.2) is 46.9 Å². The zero-order valence-corrected chi connectivity index (χ0v) is 13.2. The first-order chi connectivity index (χ1) is 9.47. The van der Waals surface area contributed by atoms with Crippen molar-refractivity contribution in [2.24, 2.45) is 0 Å². The van der Waals surface area contributed by atoms with E-state index in [4.69, 9.17) is 17.3 Å². The van der Waals surface area contributed by atoms with E-state index in [2.05, 4.69) is 21.2 Å². The Hall–Kier alpha value is -1.52. The van der Waals surface area contributed by atoms with Crippen LogP contribution < -0.4 is 11.1 Å². The lowest BCUT2D eigenvalue weighted by Gasteiger charge is -2.15. The smallest absolute Gasteiger partial charge is 0.253 e. The first-order valence-electron chi connectivity index (χ1n) is 6.08. The molecule has 104 valence electrons. The number of nitrogen functional groups attached to an aromatic ring is 1. The van der Waals surface area contributed by atoms with Crippen molar-refractivity contribution in [1.29, 1.82) is 0 Å². The summed E-state index contributed by atoms with van der Waals surface area (Å²) in [6, 6.07) is 12.5. The Bertz CT molecular complexity index is 646. The van der Waals surface area contributed by atoms with E-state index in [0.717, 1.165) is 10.0 Å². The Labute approximate surface area is 131 Å². The van der Waals surface area contributed by atoms with Crippen LogP contribution in [0.2, 0.25) is 5.02 Å². The van der Waals surface area contributed by atoms with Crippen molar-refractivity contribution < 1.29 is 4.79 Å². The lowest BCUT2D eigenvalue weighted by Crippen LogP contribution is -2.26. The Morgan fingerprint density at radius 2 is 2.05 bits per heavy atom. The third-order valence-corrected chi connectivity index (χ3v) is 3.74. The molecule has 0 spiro atoms. The van der Waals surface area contributed by atoms with Crippen molar-refractivity contribution in [1.82, 2.24) is 5.32 Å². The number of amides is 1. The molecule has 0 radical (unpaired) electrons. The number of carbonyl (C=O) groups excluding carboxylic acids is 1. The number of halogens is 2. The zero-order valence-electron chi connectivity index (χ0n) is 10.9. The van der Waals surface area contributed by atoms with Crippen LogP contribution >= 0.6 is 27.5 Å². The summed E-state index contributed by atoms with van der Waals surface area (Å²) in [5.74, 6) is -0.220. The summed E-state index contributed by atoms with van der Waals surface area (Å²) in [7, 11) is 0. The summed E-state index contributed by atoms with van der Waals surface area (Å²) < 4.78 is 0.974. The lowest BCUT2D eigenvalue weighted by atomic mass is 10.1. The van der Waals surface area contributed by atoms with Crippen LogP contribution in [0.5, 0.6) is 0 Å². The average Bonchev–Trinajstić information content (AvgIpc) is 2.38. The van der Waals surface area contributed by atoms with E-state index >= 15 is 0 Å². The van der Waals surface area contributed by atoms with E-state index < -0.39 is 0 Å². The number of rotatable bonds is 3. The molecule has 3 N–H and O–H groups in total. The second-order valence-corrected chi connectivity index (χ2v) is 5.81. The summed E-state index contributed by atoms with van der Waals surface area (Å²) >= 11 is 9.44. The molecule has 0 aliphatic rings. The summed E-state index contributed by atoms with van der Waals surface area (Å²) in [5.41, 5.74) is 7.58. The minimum Gasteiger partial charge on any atom is -0.399 e. The molecule has 1 unspecified atom stereocenters. The van der Waals surface area contributed by atoms with Gasteiger partial charge in [-0.3, -0.25) is 4.79 Å². The van der Waals surface area contributed by atoms with Crippen LogP contribution in [0.3, 0.4) is 0 Å². The predicted molar refractivity (Wildman–Crippen MR) is 85.9 cm³/mol. The van der Waals surface area contributed by atoms with Gasteiger partial charge in [0.1, 0.15) is 0 Å². The SMILES string of the molecule is CC(NC(=O)c1ccc(N)cc1Cl)c1cccc(Br)c1. The van der Waals surface area contributed by atoms with Gasteiger partial charge in [0.25, 0.3) is 5.91 Å². The molecule has 0 aliphatic heterocycles. The minimum atomic E-state index is -0.220. The molecule has 2 aromatic rings. The molecule has 0 fully saturated rings. The van der Waals surface area contributed by atoms with Gasteiger partial charge in [0, 0.05) is 10.2 Å². The molecule has 0 heterocycles. The predicted octanol–water partition coefficient (Wildman–Crippen LogP) is 4.18. The molecule has 20 heavy (non-hydrogen) atoms. The van der Waals surface area contributed by atoms with Crippen molar-refractivity contribution in [2.75, 3.05) is 5.73 Å². The van der Waals surface area contributed by atoms with Crippen molar-refractivity contribution in [3.8, 4) is 0 Å². The van der Waals surface area contributed by atoms with E-state index in [9.17, 15) is 4.79 Å². The van der Waals surface area contributed by atoms with Crippen molar-refractivity contribution in [3.05, 3.63) is 63.1 Å². The van der Waals surface area contributed by atoms with Gasteiger partial charge in [0.2, 0.25) is 0 Å². The number of nitrogens with two attached hydrogens (primary N) is 1. The number of anilines is 1. The van der Waals surface area contributed by atoms with Crippen LogP contribution in [0.25, 0.3) is 0 Å². The van der Waals surface area contributed by atoms with E-state index in [1.165, 1.54) is 0 Å². The second-order valence-electron chi connectivity index (χ2n) is 4.49.